The maximum absolute atomic E-state index is 12.6. The summed E-state index contributed by atoms with van der Waals surface area (Å²) in [4.78, 5) is 14.1. The van der Waals surface area contributed by atoms with Gasteiger partial charge in [0.2, 0.25) is 0 Å². The molecule has 1 aromatic carbocycles. The van der Waals surface area contributed by atoms with E-state index in [1.54, 1.807) is 23.3 Å². The Morgan fingerprint density at radius 2 is 2.09 bits per heavy atom. The van der Waals surface area contributed by atoms with E-state index in [4.69, 9.17) is 4.42 Å². The average Bonchev–Trinajstić information content (AvgIpc) is 3.11. The van der Waals surface area contributed by atoms with Gasteiger partial charge < -0.3 is 19.5 Å². The maximum atomic E-state index is 12.6. The summed E-state index contributed by atoms with van der Waals surface area (Å²) in [6.45, 7) is 2.44. The fourth-order valence-electron chi connectivity index (χ4n) is 2.96. The van der Waals surface area contributed by atoms with Crippen molar-refractivity contribution in [1.29, 1.82) is 0 Å². The second-order valence-electron chi connectivity index (χ2n) is 6.03. The molecule has 1 amide bonds. The number of likely N-dealkylation sites (tertiary alicyclic amines) is 1. The Kier molecular flexibility index (Phi) is 4.24. The van der Waals surface area contributed by atoms with Crippen LogP contribution in [-0.4, -0.2) is 45.8 Å². The predicted octanol–water partition coefficient (Wildman–Crippen LogP) is 2.29. The highest BCUT2D eigenvalue weighted by molar-refractivity contribution is 5.94. The molecule has 0 saturated carbocycles. The predicted molar refractivity (Wildman–Crippen MR) is 85.9 cm³/mol. The minimum Gasteiger partial charge on any atom is -0.464 e. The summed E-state index contributed by atoms with van der Waals surface area (Å²) in [5, 5.41) is 20.4. The molecule has 3 rings (SSSR count). The number of β-amino-alcohol motifs (C(OH)–C–C–N with tert-alkyl or cyclic N) is 1. The number of furan rings is 1. The molecule has 0 bridgehead atoms. The van der Waals surface area contributed by atoms with E-state index in [1.807, 2.05) is 31.2 Å². The van der Waals surface area contributed by atoms with Crippen molar-refractivity contribution >= 4 is 5.91 Å². The molecule has 1 saturated heterocycles. The van der Waals surface area contributed by atoms with Crippen LogP contribution in [-0.2, 0) is 0 Å². The SMILES string of the molecule is CC[C@@]1(O)CCN(C(=O)c2ccc(-c3ccco3)cc2)C[C@H]1O. The van der Waals surface area contributed by atoms with Gasteiger partial charge in [0.05, 0.1) is 11.9 Å². The van der Waals surface area contributed by atoms with E-state index in [1.165, 1.54) is 0 Å². The number of amides is 1. The normalized spacial score (nSPS) is 24.7. The molecule has 0 spiro atoms. The third-order valence-electron chi connectivity index (χ3n) is 4.67. The zero-order chi connectivity index (χ0) is 16.4. The number of carbonyl (C=O) groups excluding carboxylic acids is 1. The summed E-state index contributed by atoms with van der Waals surface area (Å²) in [5.74, 6) is 0.624. The van der Waals surface area contributed by atoms with Gasteiger partial charge in [-0.3, -0.25) is 4.79 Å². The molecule has 0 unspecified atom stereocenters. The maximum Gasteiger partial charge on any atom is 0.253 e. The van der Waals surface area contributed by atoms with Crippen molar-refractivity contribution in [3.8, 4) is 11.3 Å². The second kappa shape index (κ2) is 6.18. The number of aliphatic hydroxyl groups excluding tert-OH is 1. The summed E-state index contributed by atoms with van der Waals surface area (Å²) in [7, 11) is 0. The zero-order valence-electron chi connectivity index (χ0n) is 13.1. The van der Waals surface area contributed by atoms with E-state index in [0.717, 1.165) is 11.3 Å². The molecule has 0 aliphatic carbocycles. The fraction of sp³-hybridized carbons (Fsp3) is 0.389. The number of hydrogen-bond acceptors (Lipinski definition) is 4. The van der Waals surface area contributed by atoms with Crippen LogP contribution in [0.1, 0.15) is 30.1 Å². The molecule has 23 heavy (non-hydrogen) atoms. The lowest BCUT2D eigenvalue weighted by Crippen LogP contribution is -2.56. The van der Waals surface area contributed by atoms with E-state index in [0.29, 0.717) is 24.9 Å². The van der Waals surface area contributed by atoms with Crippen LogP contribution in [0.3, 0.4) is 0 Å². The lowest BCUT2D eigenvalue weighted by molar-refractivity contribution is -0.114. The number of benzene rings is 1. The Morgan fingerprint density at radius 1 is 1.35 bits per heavy atom. The number of hydrogen-bond donors (Lipinski definition) is 2. The Morgan fingerprint density at radius 3 is 2.65 bits per heavy atom. The minimum absolute atomic E-state index is 0.131. The third-order valence-corrected chi connectivity index (χ3v) is 4.67. The van der Waals surface area contributed by atoms with Gasteiger partial charge in [0.1, 0.15) is 11.9 Å². The van der Waals surface area contributed by atoms with Crippen molar-refractivity contribution < 1.29 is 19.4 Å². The average molecular weight is 315 g/mol. The van der Waals surface area contributed by atoms with Crippen LogP contribution in [0.15, 0.2) is 47.1 Å². The molecule has 5 nitrogen and oxygen atoms in total. The smallest absolute Gasteiger partial charge is 0.253 e. The summed E-state index contributed by atoms with van der Waals surface area (Å²) in [6.07, 6.45) is 1.57. The van der Waals surface area contributed by atoms with Gasteiger partial charge in [0.15, 0.2) is 0 Å². The molecule has 0 radical (unpaired) electrons. The summed E-state index contributed by atoms with van der Waals surface area (Å²) in [5.41, 5.74) is 0.389. The summed E-state index contributed by atoms with van der Waals surface area (Å²) in [6, 6.07) is 10.9. The van der Waals surface area contributed by atoms with Crippen LogP contribution < -0.4 is 0 Å². The lowest BCUT2D eigenvalue weighted by atomic mass is 9.86. The first kappa shape index (κ1) is 15.8. The van der Waals surface area contributed by atoms with Crippen LogP contribution >= 0.6 is 0 Å². The van der Waals surface area contributed by atoms with Crippen LogP contribution in [0.25, 0.3) is 11.3 Å². The Balaban J connectivity index is 1.71. The Labute approximate surface area is 135 Å². The lowest BCUT2D eigenvalue weighted by Gasteiger charge is -2.41. The van der Waals surface area contributed by atoms with Gasteiger partial charge in [-0.1, -0.05) is 19.1 Å². The first-order valence-corrected chi connectivity index (χ1v) is 7.87. The first-order chi connectivity index (χ1) is 11.0. The number of carbonyl (C=O) groups is 1. The summed E-state index contributed by atoms with van der Waals surface area (Å²) < 4.78 is 5.33. The number of nitrogens with zero attached hydrogens (tertiary/aromatic N) is 1. The highest BCUT2D eigenvalue weighted by atomic mass is 16.3. The molecule has 2 atom stereocenters. The molecule has 1 aliphatic heterocycles. The van der Waals surface area contributed by atoms with E-state index >= 15 is 0 Å². The first-order valence-electron chi connectivity index (χ1n) is 7.87. The monoisotopic (exact) mass is 315 g/mol. The Hall–Kier alpha value is -2.11. The van der Waals surface area contributed by atoms with Crippen molar-refractivity contribution in [3.05, 3.63) is 48.2 Å². The number of rotatable bonds is 3. The van der Waals surface area contributed by atoms with Crippen LogP contribution in [0.5, 0.6) is 0 Å². The Bertz CT molecular complexity index is 665. The van der Waals surface area contributed by atoms with Gasteiger partial charge in [0.25, 0.3) is 5.91 Å². The molecule has 1 aromatic heterocycles. The summed E-state index contributed by atoms with van der Waals surface area (Å²) >= 11 is 0. The van der Waals surface area contributed by atoms with Gasteiger partial charge in [-0.2, -0.15) is 0 Å². The van der Waals surface area contributed by atoms with Gasteiger partial charge in [0, 0.05) is 24.2 Å². The molecular formula is C18H21NO4. The zero-order valence-corrected chi connectivity index (χ0v) is 13.1. The van der Waals surface area contributed by atoms with Crippen molar-refractivity contribution in [1.82, 2.24) is 4.90 Å². The molecule has 1 aliphatic rings. The number of aliphatic hydroxyl groups is 2. The van der Waals surface area contributed by atoms with Crippen LogP contribution in [0.4, 0.5) is 0 Å². The van der Waals surface area contributed by atoms with E-state index < -0.39 is 11.7 Å². The minimum atomic E-state index is -1.08. The van der Waals surface area contributed by atoms with Crippen molar-refractivity contribution in [3.63, 3.8) is 0 Å². The van der Waals surface area contributed by atoms with E-state index in [9.17, 15) is 15.0 Å². The molecule has 2 N–H and O–H groups in total. The largest absolute Gasteiger partial charge is 0.464 e. The molecular weight excluding hydrogens is 294 g/mol. The van der Waals surface area contributed by atoms with Gasteiger partial charge in [-0.05, 0) is 37.1 Å². The molecule has 1 fully saturated rings. The highest BCUT2D eigenvalue weighted by Gasteiger charge is 2.40. The van der Waals surface area contributed by atoms with E-state index in [-0.39, 0.29) is 12.5 Å². The molecule has 2 heterocycles. The van der Waals surface area contributed by atoms with Gasteiger partial charge in [-0.25, -0.2) is 0 Å². The fourth-order valence-corrected chi connectivity index (χ4v) is 2.96. The molecule has 122 valence electrons. The number of piperidine rings is 1. The third kappa shape index (κ3) is 3.02. The van der Waals surface area contributed by atoms with Crippen LogP contribution in [0.2, 0.25) is 0 Å². The highest BCUT2D eigenvalue weighted by Crippen LogP contribution is 2.27. The topological polar surface area (TPSA) is 73.9 Å². The van der Waals surface area contributed by atoms with E-state index in [2.05, 4.69) is 0 Å². The quantitative estimate of drug-likeness (QED) is 0.911. The van der Waals surface area contributed by atoms with Crippen molar-refractivity contribution in [2.24, 2.45) is 0 Å². The molecule has 2 aromatic rings. The molecule has 5 heteroatoms. The van der Waals surface area contributed by atoms with Crippen molar-refractivity contribution in [2.75, 3.05) is 13.1 Å². The van der Waals surface area contributed by atoms with Gasteiger partial charge >= 0.3 is 0 Å². The van der Waals surface area contributed by atoms with Gasteiger partial charge in [-0.15, -0.1) is 0 Å². The van der Waals surface area contributed by atoms with Crippen LogP contribution in [0, 0.1) is 0 Å². The standard InChI is InChI=1S/C18H21NO4/c1-2-18(22)9-10-19(12-16(18)20)17(21)14-7-5-13(6-8-14)15-4-3-11-23-15/h3-8,11,16,20,22H,2,9-10,12H2,1H3/t16-,18-/m1/s1. The van der Waals surface area contributed by atoms with Crippen molar-refractivity contribution in [2.45, 2.75) is 31.5 Å². The second-order valence-corrected chi connectivity index (χ2v) is 6.03.